The lowest BCUT2D eigenvalue weighted by atomic mass is 9.83. The minimum absolute atomic E-state index is 0.103. The molecule has 24 heavy (non-hydrogen) atoms. The van der Waals surface area contributed by atoms with Crippen molar-refractivity contribution in [1.29, 1.82) is 0 Å². The van der Waals surface area contributed by atoms with E-state index >= 15 is 0 Å². The van der Waals surface area contributed by atoms with Crippen LogP contribution in [0.5, 0.6) is 5.75 Å². The maximum absolute atomic E-state index is 12.5. The highest BCUT2D eigenvalue weighted by Crippen LogP contribution is 2.26. The average Bonchev–Trinajstić information content (AvgIpc) is 2.55. The fourth-order valence-electron chi connectivity index (χ4n) is 3.34. The first-order chi connectivity index (χ1) is 11.5. The number of rotatable bonds is 6. The molecule has 1 aromatic carbocycles. The van der Waals surface area contributed by atoms with Gasteiger partial charge in [0.15, 0.2) is 6.73 Å². The molecule has 5 nitrogen and oxygen atoms in total. The highest BCUT2D eigenvalue weighted by molar-refractivity contribution is 5.87. The van der Waals surface area contributed by atoms with Crippen molar-refractivity contribution in [3.8, 4) is 5.75 Å². The van der Waals surface area contributed by atoms with Gasteiger partial charge in [-0.1, -0.05) is 37.0 Å². The van der Waals surface area contributed by atoms with E-state index in [1.165, 1.54) is 18.9 Å². The van der Waals surface area contributed by atoms with Crippen molar-refractivity contribution < 1.29 is 14.3 Å². The Labute approximate surface area is 144 Å². The summed E-state index contributed by atoms with van der Waals surface area (Å²) in [5.74, 6) is 0.635. The van der Waals surface area contributed by atoms with Gasteiger partial charge in [-0.05, 0) is 44.2 Å². The first-order valence-electron chi connectivity index (χ1n) is 8.72. The summed E-state index contributed by atoms with van der Waals surface area (Å²) >= 11 is 0. The van der Waals surface area contributed by atoms with Crippen molar-refractivity contribution in [1.82, 2.24) is 10.6 Å². The minimum Gasteiger partial charge on any atom is -0.473 e. The van der Waals surface area contributed by atoms with Gasteiger partial charge in [-0.3, -0.25) is 9.59 Å². The fourth-order valence-corrected chi connectivity index (χ4v) is 3.34. The van der Waals surface area contributed by atoms with Crippen LogP contribution in [0.25, 0.3) is 0 Å². The Morgan fingerprint density at radius 3 is 2.54 bits per heavy atom. The molecule has 132 valence electrons. The van der Waals surface area contributed by atoms with Crippen LogP contribution in [0.1, 0.15) is 50.2 Å². The molecule has 1 aliphatic rings. The van der Waals surface area contributed by atoms with Gasteiger partial charge in [-0.25, -0.2) is 0 Å². The molecule has 5 heteroatoms. The molecule has 0 spiro atoms. The van der Waals surface area contributed by atoms with Gasteiger partial charge in [0, 0.05) is 6.92 Å². The molecule has 1 atom stereocenters. The van der Waals surface area contributed by atoms with Crippen LogP contribution < -0.4 is 15.4 Å². The third-order valence-electron chi connectivity index (χ3n) is 4.57. The van der Waals surface area contributed by atoms with E-state index in [9.17, 15) is 9.59 Å². The molecule has 2 rings (SSSR count). The van der Waals surface area contributed by atoms with Gasteiger partial charge in [0.1, 0.15) is 11.8 Å². The Hall–Kier alpha value is -2.04. The van der Waals surface area contributed by atoms with Crippen molar-refractivity contribution in [2.75, 3.05) is 6.73 Å². The number of hydrogen-bond acceptors (Lipinski definition) is 3. The summed E-state index contributed by atoms with van der Waals surface area (Å²) in [5.41, 5.74) is 2.21. The Morgan fingerprint density at radius 1 is 1.21 bits per heavy atom. The van der Waals surface area contributed by atoms with E-state index in [2.05, 4.69) is 10.6 Å². The molecule has 1 unspecified atom stereocenters. The average molecular weight is 332 g/mol. The summed E-state index contributed by atoms with van der Waals surface area (Å²) < 4.78 is 5.66. The summed E-state index contributed by atoms with van der Waals surface area (Å²) in [7, 11) is 0. The van der Waals surface area contributed by atoms with Gasteiger partial charge in [-0.15, -0.1) is 0 Å². The normalized spacial score (nSPS) is 16.3. The zero-order valence-electron chi connectivity index (χ0n) is 14.9. The van der Waals surface area contributed by atoms with Crippen LogP contribution in [0.3, 0.4) is 0 Å². The number of amides is 2. The first kappa shape index (κ1) is 18.3. The summed E-state index contributed by atoms with van der Waals surface area (Å²) in [4.78, 5) is 24.0. The second kappa shape index (κ2) is 8.71. The lowest BCUT2D eigenvalue weighted by molar-refractivity contribution is -0.130. The second-order valence-corrected chi connectivity index (χ2v) is 6.67. The smallest absolute Gasteiger partial charge is 0.245 e. The molecule has 0 radical (unpaired) electrons. The Kier molecular flexibility index (Phi) is 6.64. The molecule has 1 saturated carbocycles. The number of nitrogens with one attached hydrogen (secondary N) is 2. The zero-order valence-corrected chi connectivity index (χ0v) is 14.9. The molecule has 0 bridgehead atoms. The standard InChI is InChI=1S/C19H28N2O3/c1-13-9-10-17(14(2)11-13)24-12-20-19(23)18(21-15(3)22)16-7-5-4-6-8-16/h9-11,16,18H,4-8,12H2,1-3H3,(H,20,23)(H,21,22). The largest absolute Gasteiger partial charge is 0.473 e. The Morgan fingerprint density at radius 2 is 1.92 bits per heavy atom. The molecule has 0 heterocycles. The molecule has 1 aromatic rings. The van der Waals surface area contributed by atoms with Crippen molar-refractivity contribution in [2.24, 2.45) is 5.92 Å². The van der Waals surface area contributed by atoms with Crippen molar-refractivity contribution in [3.63, 3.8) is 0 Å². The summed E-state index contributed by atoms with van der Waals surface area (Å²) in [6.45, 7) is 5.56. The van der Waals surface area contributed by atoms with Gasteiger partial charge in [0.05, 0.1) is 0 Å². The van der Waals surface area contributed by atoms with Crippen LogP contribution in [0, 0.1) is 19.8 Å². The molecule has 2 amide bonds. The molecule has 0 saturated heterocycles. The van der Waals surface area contributed by atoms with E-state index < -0.39 is 6.04 Å². The zero-order chi connectivity index (χ0) is 17.5. The van der Waals surface area contributed by atoms with Crippen LogP contribution in [0.15, 0.2) is 18.2 Å². The van der Waals surface area contributed by atoms with E-state index in [1.807, 2.05) is 32.0 Å². The monoisotopic (exact) mass is 332 g/mol. The SMILES string of the molecule is CC(=O)NC(C(=O)NCOc1ccc(C)cc1C)C1CCCCC1. The number of aryl methyl sites for hydroxylation is 2. The summed E-state index contributed by atoms with van der Waals surface area (Å²) in [6.07, 6.45) is 5.41. The molecular formula is C19H28N2O3. The van der Waals surface area contributed by atoms with E-state index in [0.29, 0.717) is 0 Å². The molecule has 0 aliphatic heterocycles. The third-order valence-corrected chi connectivity index (χ3v) is 4.57. The Bertz CT molecular complexity index is 580. The summed E-state index contributed by atoms with van der Waals surface area (Å²) in [6, 6.07) is 5.46. The van der Waals surface area contributed by atoms with Crippen molar-refractivity contribution in [2.45, 2.75) is 58.9 Å². The van der Waals surface area contributed by atoms with E-state index in [1.54, 1.807) is 0 Å². The quantitative estimate of drug-likeness (QED) is 0.787. The van der Waals surface area contributed by atoms with Crippen LogP contribution in [-0.2, 0) is 9.59 Å². The number of carbonyl (C=O) groups excluding carboxylic acids is 2. The second-order valence-electron chi connectivity index (χ2n) is 6.67. The van der Waals surface area contributed by atoms with Gasteiger partial charge < -0.3 is 15.4 Å². The number of ether oxygens (including phenoxy) is 1. The lowest BCUT2D eigenvalue weighted by Gasteiger charge is -2.29. The molecular weight excluding hydrogens is 304 g/mol. The highest BCUT2D eigenvalue weighted by Gasteiger charge is 2.30. The van der Waals surface area contributed by atoms with Crippen LogP contribution in [0.4, 0.5) is 0 Å². The van der Waals surface area contributed by atoms with Crippen LogP contribution in [0.2, 0.25) is 0 Å². The predicted octanol–water partition coefficient (Wildman–Crippen LogP) is 2.84. The molecule has 2 N–H and O–H groups in total. The maximum atomic E-state index is 12.5. The topological polar surface area (TPSA) is 67.4 Å². The predicted molar refractivity (Wildman–Crippen MR) is 93.7 cm³/mol. The molecule has 1 aliphatic carbocycles. The van der Waals surface area contributed by atoms with Gasteiger partial charge in [-0.2, -0.15) is 0 Å². The van der Waals surface area contributed by atoms with Gasteiger partial charge in [0.2, 0.25) is 11.8 Å². The van der Waals surface area contributed by atoms with Crippen molar-refractivity contribution >= 4 is 11.8 Å². The van der Waals surface area contributed by atoms with Gasteiger partial charge in [0.25, 0.3) is 0 Å². The van der Waals surface area contributed by atoms with Crippen LogP contribution in [-0.4, -0.2) is 24.6 Å². The first-order valence-corrected chi connectivity index (χ1v) is 8.72. The third kappa shape index (κ3) is 5.25. The van der Waals surface area contributed by atoms with E-state index in [-0.39, 0.29) is 24.5 Å². The molecule has 1 fully saturated rings. The van der Waals surface area contributed by atoms with Crippen LogP contribution >= 0.6 is 0 Å². The van der Waals surface area contributed by atoms with E-state index in [4.69, 9.17) is 4.74 Å². The minimum atomic E-state index is -0.467. The summed E-state index contributed by atoms with van der Waals surface area (Å²) in [5, 5.41) is 5.61. The Balaban J connectivity index is 1.90. The number of benzene rings is 1. The van der Waals surface area contributed by atoms with Crippen molar-refractivity contribution in [3.05, 3.63) is 29.3 Å². The number of hydrogen-bond donors (Lipinski definition) is 2. The number of carbonyl (C=O) groups is 2. The highest BCUT2D eigenvalue weighted by atomic mass is 16.5. The fraction of sp³-hybridized carbons (Fsp3) is 0.579. The molecule has 0 aromatic heterocycles. The maximum Gasteiger partial charge on any atom is 0.245 e. The lowest BCUT2D eigenvalue weighted by Crippen LogP contribution is -2.51. The van der Waals surface area contributed by atoms with Gasteiger partial charge >= 0.3 is 0 Å². The van der Waals surface area contributed by atoms with E-state index in [0.717, 1.165) is 37.0 Å².